The molecule has 2 N–H and O–H groups in total. The van der Waals surface area contributed by atoms with Gasteiger partial charge in [-0.05, 0) is 38.8 Å². The van der Waals surface area contributed by atoms with E-state index in [9.17, 15) is 19.8 Å². The number of aliphatic hydroxyl groups is 2. The third-order valence-electron chi connectivity index (χ3n) is 5.54. The zero-order valence-electron chi connectivity index (χ0n) is 15.8. The normalized spacial score (nSPS) is 39.1. The van der Waals surface area contributed by atoms with E-state index in [1.807, 2.05) is 6.92 Å². The van der Waals surface area contributed by atoms with E-state index in [1.165, 1.54) is 0 Å². The van der Waals surface area contributed by atoms with Gasteiger partial charge in [0.2, 0.25) is 0 Å². The number of rotatable bonds is 3. The number of carbonyl (C=O) groups excluding carboxylic acids is 2. The number of hydrogen-bond donors (Lipinski definition) is 2. The van der Waals surface area contributed by atoms with Crippen molar-refractivity contribution >= 4 is 11.9 Å². The molecule has 0 aromatic heterocycles. The van der Waals surface area contributed by atoms with Gasteiger partial charge in [0.15, 0.2) is 5.60 Å². The lowest BCUT2D eigenvalue weighted by atomic mass is 9.85. The van der Waals surface area contributed by atoms with E-state index in [4.69, 9.17) is 14.2 Å². The van der Waals surface area contributed by atoms with Gasteiger partial charge in [-0.15, -0.1) is 0 Å². The van der Waals surface area contributed by atoms with Crippen molar-refractivity contribution in [1.82, 2.24) is 0 Å². The summed E-state index contributed by atoms with van der Waals surface area (Å²) in [7, 11) is 0. The molecule has 6 atom stereocenters. The molecule has 148 valence electrons. The van der Waals surface area contributed by atoms with Crippen LogP contribution in [0.25, 0.3) is 0 Å². The molecule has 0 amide bonds. The van der Waals surface area contributed by atoms with E-state index in [1.54, 1.807) is 26.0 Å². The van der Waals surface area contributed by atoms with Gasteiger partial charge in [-0.2, -0.15) is 0 Å². The Hall–Kier alpha value is -1.96. The molecule has 2 saturated heterocycles. The summed E-state index contributed by atoms with van der Waals surface area (Å²) in [5.41, 5.74) is 0.571. The van der Waals surface area contributed by atoms with Crippen molar-refractivity contribution in [1.29, 1.82) is 0 Å². The highest BCUT2D eigenvalue weighted by Gasteiger charge is 2.58. The van der Waals surface area contributed by atoms with Crippen LogP contribution < -0.4 is 0 Å². The average Bonchev–Trinajstić information content (AvgIpc) is 3.11. The molecule has 7 nitrogen and oxygen atoms in total. The van der Waals surface area contributed by atoms with Crippen molar-refractivity contribution < 1.29 is 34.0 Å². The Morgan fingerprint density at radius 3 is 2.67 bits per heavy atom. The SMILES string of the molecule is C=C1C(=O)OC2C=C(C)CC(O)C=C(CO)CC(OC(=O)C3(C)OC3C)C12. The maximum Gasteiger partial charge on any atom is 0.341 e. The van der Waals surface area contributed by atoms with Crippen LogP contribution in [0.4, 0.5) is 0 Å². The van der Waals surface area contributed by atoms with Gasteiger partial charge in [0.05, 0.1) is 24.7 Å². The molecule has 2 aliphatic heterocycles. The van der Waals surface area contributed by atoms with Gasteiger partial charge < -0.3 is 24.4 Å². The molecule has 2 fully saturated rings. The Bertz CT molecular complexity index is 722. The first-order chi connectivity index (χ1) is 12.7. The van der Waals surface area contributed by atoms with Gasteiger partial charge in [0.25, 0.3) is 0 Å². The fourth-order valence-electron chi connectivity index (χ4n) is 3.68. The summed E-state index contributed by atoms with van der Waals surface area (Å²) in [4.78, 5) is 24.7. The number of esters is 2. The molecule has 6 unspecified atom stereocenters. The standard InChI is InChI=1S/C20H26O7/c1-10-5-14(22)7-13(9-21)8-16(26-19(24)20(4)12(3)27-20)17-11(2)18(23)25-15(17)6-10/h6-7,12,14-17,21-22H,2,5,8-9H2,1,3-4H3. The number of fused-ring (bicyclic) bond motifs is 1. The summed E-state index contributed by atoms with van der Waals surface area (Å²) >= 11 is 0. The molecule has 0 aromatic rings. The summed E-state index contributed by atoms with van der Waals surface area (Å²) in [6.07, 6.45) is 1.39. The van der Waals surface area contributed by atoms with Crippen molar-refractivity contribution in [3.05, 3.63) is 35.5 Å². The fourth-order valence-corrected chi connectivity index (χ4v) is 3.68. The quantitative estimate of drug-likeness (QED) is 0.329. The lowest BCUT2D eigenvalue weighted by Crippen LogP contribution is -2.38. The highest BCUT2D eigenvalue weighted by atomic mass is 16.7. The molecule has 3 aliphatic rings. The number of carbonyl (C=O) groups is 2. The molecule has 2 heterocycles. The molecule has 1 aliphatic carbocycles. The van der Waals surface area contributed by atoms with Crippen LogP contribution >= 0.6 is 0 Å². The molecule has 0 radical (unpaired) electrons. The predicted molar refractivity (Wildman–Crippen MR) is 95.5 cm³/mol. The maximum absolute atomic E-state index is 12.6. The number of epoxide rings is 1. The second kappa shape index (κ2) is 7.22. The first kappa shape index (κ1) is 19.8. The van der Waals surface area contributed by atoms with Crippen molar-refractivity contribution in [2.75, 3.05) is 6.61 Å². The summed E-state index contributed by atoms with van der Waals surface area (Å²) in [6.45, 7) is 8.79. The van der Waals surface area contributed by atoms with Crippen LogP contribution in [0, 0.1) is 5.92 Å². The Morgan fingerprint density at radius 1 is 1.41 bits per heavy atom. The second-order valence-corrected chi connectivity index (χ2v) is 7.70. The third-order valence-corrected chi connectivity index (χ3v) is 5.54. The van der Waals surface area contributed by atoms with Crippen LogP contribution in [0.15, 0.2) is 35.5 Å². The van der Waals surface area contributed by atoms with E-state index in [0.29, 0.717) is 12.0 Å². The van der Waals surface area contributed by atoms with Crippen LogP contribution in [0.3, 0.4) is 0 Å². The minimum absolute atomic E-state index is 0.160. The lowest BCUT2D eigenvalue weighted by Gasteiger charge is -2.28. The number of ether oxygens (including phenoxy) is 3. The summed E-state index contributed by atoms with van der Waals surface area (Å²) < 4.78 is 16.5. The Morgan fingerprint density at radius 2 is 2.07 bits per heavy atom. The monoisotopic (exact) mass is 378 g/mol. The van der Waals surface area contributed by atoms with Gasteiger partial charge >= 0.3 is 11.9 Å². The molecular formula is C20H26O7. The molecule has 7 heteroatoms. The van der Waals surface area contributed by atoms with Crippen LogP contribution in [0.5, 0.6) is 0 Å². The van der Waals surface area contributed by atoms with E-state index in [0.717, 1.165) is 5.57 Å². The Labute approximate surface area is 158 Å². The minimum Gasteiger partial charge on any atom is -0.459 e. The van der Waals surface area contributed by atoms with Crippen LogP contribution in [0.2, 0.25) is 0 Å². The second-order valence-electron chi connectivity index (χ2n) is 7.70. The zero-order valence-corrected chi connectivity index (χ0v) is 15.8. The highest BCUT2D eigenvalue weighted by Crippen LogP contribution is 2.40. The molecule has 3 rings (SSSR count). The average molecular weight is 378 g/mol. The largest absolute Gasteiger partial charge is 0.459 e. The van der Waals surface area contributed by atoms with Gasteiger partial charge in [-0.1, -0.05) is 18.2 Å². The first-order valence-electron chi connectivity index (χ1n) is 9.10. The smallest absolute Gasteiger partial charge is 0.341 e. The van der Waals surface area contributed by atoms with Crippen molar-refractivity contribution in [3.8, 4) is 0 Å². The molecule has 0 spiro atoms. The molecule has 0 aromatic carbocycles. The van der Waals surface area contributed by atoms with Crippen molar-refractivity contribution in [3.63, 3.8) is 0 Å². The van der Waals surface area contributed by atoms with Crippen LogP contribution in [-0.4, -0.2) is 58.8 Å². The lowest BCUT2D eigenvalue weighted by molar-refractivity contribution is -0.157. The van der Waals surface area contributed by atoms with E-state index < -0.39 is 41.8 Å². The molecule has 0 saturated carbocycles. The molecule has 27 heavy (non-hydrogen) atoms. The first-order valence-corrected chi connectivity index (χ1v) is 9.10. The van der Waals surface area contributed by atoms with Crippen molar-refractivity contribution in [2.24, 2.45) is 5.92 Å². The topological polar surface area (TPSA) is 106 Å². The van der Waals surface area contributed by atoms with Crippen LogP contribution in [-0.2, 0) is 23.8 Å². The van der Waals surface area contributed by atoms with Gasteiger partial charge in [-0.25, -0.2) is 9.59 Å². The van der Waals surface area contributed by atoms with Gasteiger partial charge in [-0.3, -0.25) is 0 Å². The summed E-state index contributed by atoms with van der Waals surface area (Å²) in [6, 6.07) is 0. The van der Waals surface area contributed by atoms with E-state index in [-0.39, 0.29) is 24.7 Å². The highest BCUT2D eigenvalue weighted by molar-refractivity contribution is 5.91. The molecular weight excluding hydrogens is 352 g/mol. The fraction of sp³-hybridized carbons (Fsp3) is 0.600. The zero-order chi connectivity index (χ0) is 19.9. The predicted octanol–water partition coefficient (Wildman–Crippen LogP) is 1.19. The molecule has 0 bridgehead atoms. The maximum atomic E-state index is 12.6. The Kier molecular flexibility index (Phi) is 5.29. The van der Waals surface area contributed by atoms with Crippen LogP contribution in [0.1, 0.15) is 33.6 Å². The van der Waals surface area contributed by atoms with Gasteiger partial charge in [0, 0.05) is 12.0 Å². The Balaban J connectivity index is 1.95. The summed E-state index contributed by atoms with van der Waals surface area (Å²) in [5.74, 6) is -1.63. The summed E-state index contributed by atoms with van der Waals surface area (Å²) in [5, 5.41) is 19.9. The van der Waals surface area contributed by atoms with Crippen molar-refractivity contribution in [2.45, 2.75) is 63.6 Å². The van der Waals surface area contributed by atoms with E-state index >= 15 is 0 Å². The van der Waals surface area contributed by atoms with Gasteiger partial charge in [0.1, 0.15) is 12.2 Å². The minimum atomic E-state index is -1.01. The van der Waals surface area contributed by atoms with E-state index in [2.05, 4.69) is 6.58 Å². The number of hydrogen-bond acceptors (Lipinski definition) is 7. The third kappa shape index (κ3) is 3.85. The number of aliphatic hydroxyl groups excluding tert-OH is 2.